The summed E-state index contributed by atoms with van der Waals surface area (Å²) in [4.78, 5) is 11.6. The van der Waals surface area contributed by atoms with E-state index in [9.17, 15) is 9.00 Å². The van der Waals surface area contributed by atoms with E-state index in [1.54, 1.807) is 0 Å². The molecule has 1 saturated carbocycles. The third kappa shape index (κ3) is 1.22. The quantitative estimate of drug-likeness (QED) is 0.617. The SMILES string of the molecule is O=C(OC1CS(=O)C1)C1C2CNC1C2. The Morgan fingerprint density at radius 1 is 1.43 bits per heavy atom. The summed E-state index contributed by atoms with van der Waals surface area (Å²) in [6, 6.07) is 0.359. The first-order valence-electron chi connectivity index (χ1n) is 5.03. The molecule has 4 fully saturated rings. The largest absolute Gasteiger partial charge is 0.460 e. The fourth-order valence-electron chi connectivity index (χ4n) is 2.51. The van der Waals surface area contributed by atoms with Gasteiger partial charge in [0, 0.05) is 16.8 Å². The second kappa shape index (κ2) is 3.03. The fourth-order valence-corrected chi connectivity index (χ4v) is 3.38. The zero-order valence-electron chi connectivity index (χ0n) is 7.77. The molecule has 0 radical (unpaired) electrons. The summed E-state index contributed by atoms with van der Waals surface area (Å²) in [5, 5.41) is 3.28. The number of esters is 1. The van der Waals surface area contributed by atoms with Gasteiger partial charge >= 0.3 is 5.97 Å². The van der Waals surface area contributed by atoms with Crippen molar-refractivity contribution in [2.24, 2.45) is 11.8 Å². The van der Waals surface area contributed by atoms with Crippen LogP contribution in [0.5, 0.6) is 0 Å². The van der Waals surface area contributed by atoms with Crippen LogP contribution in [0.4, 0.5) is 0 Å². The van der Waals surface area contributed by atoms with Crippen LogP contribution in [0, 0.1) is 11.8 Å². The highest BCUT2D eigenvalue weighted by atomic mass is 32.2. The molecule has 3 aliphatic heterocycles. The molecule has 0 aromatic heterocycles. The lowest BCUT2D eigenvalue weighted by Gasteiger charge is -2.34. The maximum Gasteiger partial charge on any atom is 0.311 e. The highest BCUT2D eigenvalue weighted by Gasteiger charge is 2.52. The molecule has 1 N–H and O–H groups in total. The number of ether oxygens (including phenoxy) is 1. The monoisotopic (exact) mass is 215 g/mol. The van der Waals surface area contributed by atoms with Crippen molar-refractivity contribution < 1.29 is 13.7 Å². The van der Waals surface area contributed by atoms with Gasteiger partial charge in [-0.2, -0.15) is 0 Å². The Hall–Kier alpha value is -0.420. The Morgan fingerprint density at radius 2 is 2.21 bits per heavy atom. The highest BCUT2D eigenvalue weighted by Crippen LogP contribution is 2.41. The zero-order chi connectivity index (χ0) is 9.71. The number of hydrogen-bond donors (Lipinski definition) is 1. The Balaban J connectivity index is 1.54. The van der Waals surface area contributed by atoms with Crippen molar-refractivity contribution in [3.8, 4) is 0 Å². The lowest BCUT2D eigenvalue weighted by Crippen LogP contribution is -2.48. The van der Waals surface area contributed by atoms with Crippen LogP contribution >= 0.6 is 0 Å². The summed E-state index contributed by atoms with van der Waals surface area (Å²) in [5.74, 6) is 1.60. The molecule has 4 rings (SSSR count). The van der Waals surface area contributed by atoms with Gasteiger partial charge in [0.1, 0.15) is 6.10 Å². The first-order valence-corrected chi connectivity index (χ1v) is 6.51. The molecule has 14 heavy (non-hydrogen) atoms. The lowest BCUT2D eigenvalue weighted by atomic mass is 9.74. The van der Waals surface area contributed by atoms with E-state index < -0.39 is 10.8 Å². The molecule has 0 aromatic carbocycles. The maximum atomic E-state index is 11.6. The fraction of sp³-hybridized carbons (Fsp3) is 0.889. The van der Waals surface area contributed by atoms with Gasteiger partial charge in [-0.15, -0.1) is 0 Å². The number of carbonyl (C=O) groups is 1. The molecule has 78 valence electrons. The number of rotatable bonds is 2. The standard InChI is InChI=1S/C9H13NO3S/c11-9(13-6-3-14(12)4-6)8-5-1-7(8)10-2-5/h5-8,10H,1-4H2. The Bertz CT molecular complexity index is 284. The van der Waals surface area contributed by atoms with Crippen LogP contribution in [-0.2, 0) is 20.3 Å². The van der Waals surface area contributed by atoms with Crippen molar-refractivity contribution in [1.82, 2.24) is 5.32 Å². The minimum atomic E-state index is -0.730. The van der Waals surface area contributed by atoms with E-state index in [1.807, 2.05) is 0 Å². The van der Waals surface area contributed by atoms with Gasteiger partial charge < -0.3 is 10.1 Å². The van der Waals surface area contributed by atoms with Crippen molar-refractivity contribution >= 4 is 16.8 Å². The van der Waals surface area contributed by atoms with E-state index in [0.717, 1.165) is 13.0 Å². The zero-order valence-corrected chi connectivity index (χ0v) is 8.59. The van der Waals surface area contributed by atoms with Crippen LogP contribution in [0.15, 0.2) is 0 Å². The van der Waals surface area contributed by atoms with Crippen LogP contribution in [0.2, 0.25) is 0 Å². The van der Waals surface area contributed by atoms with Gasteiger partial charge in [-0.1, -0.05) is 0 Å². The van der Waals surface area contributed by atoms with Crippen LogP contribution in [0.1, 0.15) is 6.42 Å². The third-order valence-corrected chi connectivity index (χ3v) is 4.93. The van der Waals surface area contributed by atoms with Crippen molar-refractivity contribution in [3.05, 3.63) is 0 Å². The van der Waals surface area contributed by atoms with E-state index in [-0.39, 0.29) is 18.0 Å². The molecule has 0 amide bonds. The number of nitrogens with one attached hydrogen (secondary N) is 1. The molecule has 3 saturated heterocycles. The Labute approximate surface area is 84.8 Å². The van der Waals surface area contributed by atoms with E-state index in [0.29, 0.717) is 23.5 Å². The van der Waals surface area contributed by atoms with Crippen LogP contribution < -0.4 is 5.32 Å². The molecule has 1 aliphatic carbocycles. The van der Waals surface area contributed by atoms with E-state index in [1.165, 1.54) is 0 Å². The van der Waals surface area contributed by atoms with Gasteiger partial charge in [0.15, 0.2) is 0 Å². The maximum absolute atomic E-state index is 11.6. The van der Waals surface area contributed by atoms with Crippen molar-refractivity contribution in [3.63, 3.8) is 0 Å². The number of carbonyl (C=O) groups excluding carboxylic acids is 1. The summed E-state index contributed by atoms with van der Waals surface area (Å²) in [6.07, 6.45) is 1.06. The van der Waals surface area contributed by atoms with Gasteiger partial charge in [-0.05, 0) is 18.9 Å². The molecule has 4 aliphatic rings. The van der Waals surface area contributed by atoms with Crippen LogP contribution in [-0.4, -0.2) is 40.4 Å². The highest BCUT2D eigenvalue weighted by molar-refractivity contribution is 7.86. The number of hydrogen-bond acceptors (Lipinski definition) is 4. The predicted molar refractivity (Wildman–Crippen MR) is 51.1 cm³/mol. The summed E-state index contributed by atoms with van der Waals surface area (Å²) in [5.41, 5.74) is 0. The van der Waals surface area contributed by atoms with Gasteiger partial charge in [-0.25, -0.2) is 0 Å². The topological polar surface area (TPSA) is 55.4 Å². The predicted octanol–water partition coefficient (Wildman–Crippen LogP) is -0.732. The second-order valence-corrected chi connectivity index (χ2v) is 5.91. The van der Waals surface area contributed by atoms with Crippen LogP contribution in [0.3, 0.4) is 0 Å². The first kappa shape index (κ1) is 8.85. The van der Waals surface area contributed by atoms with E-state index in [2.05, 4.69) is 5.32 Å². The van der Waals surface area contributed by atoms with Gasteiger partial charge in [0.25, 0.3) is 0 Å². The average molecular weight is 215 g/mol. The van der Waals surface area contributed by atoms with Crippen molar-refractivity contribution in [1.29, 1.82) is 0 Å². The summed E-state index contributed by atoms with van der Waals surface area (Å²) in [6.45, 7) is 0.959. The van der Waals surface area contributed by atoms with E-state index in [4.69, 9.17) is 4.74 Å². The smallest absolute Gasteiger partial charge is 0.311 e. The second-order valence-electron chi connectivity index (χ2n) is 4.37. The van der Waals surface area contributed by atoms with Crippen molar-refractivity contribution in [2.75, 3.05) is 18.1 Å². The van der Waals surface area contributed by atoms with Gasteiger partial charge in [0.05, 0.1) is 17.4 Å². The Morgan fingerprint density at radius 3 is 2.71 bits per heavy atom. The van der Waals surface area contributed by atoms with Crippen molar-refractivity contribution in [2.45, 2.75) is 18.6 Å². The molecule has 3 heterocycles. The number of fused-ring (bicyclic) bond motifs is 1. The normalized spacial score (nSPS) is 49.3. The molecule has 3 unspecified atom stereocenters. The van der Waals surface area contributed by atoms with E-state index >= 15 is 0 Å². The minimum absolute atomic E-state index is 0.0664. The third-order valence-electron chi connectivity index (χ3n) is 3.44. The molecule has 4 nitrogen and oxygen atoms in total. The molecule has 5 heteroatoms. The molecule has 2 bridgehead atoms. The lowest BCUT2D eigenvalue weighted by molar-refractivity contribution is -0.157. The first-order chi connectivity index (χ1) is 6.74. The molecule has 3 atom stereocenters. The molecule has 0 aromatic rings. The molecular formula is C9H13NO3S. The molecular weight excluding hydrogens is 202 g/mol. The Kier molecular flexibility index (Phi) is 1.92. The van der Waals surface area contributed by atoms with Gasteiger partial charge in [0.2, 0.25) is 0 Å². The summed E-state index contributed by atoms with van der Waals surface area (Å²) < 4.78 is 16.1. The van der Waals surface area contributed by atoms with Crippen LogP contribution in [0.25, 0.3) is 0 Å². The average Bonchev–Trinajstić information content (AvgIpc) is 2.60. The van der Waals surface area contributed by atoms with Gasteiger partial charge in [-0.3, -0.25) is 9.00 Å². The molecule has 0 spiro atoms. The summed E-state index contributed by atoms with van der Waals surface area (Å²) >= 11 is 0. The summed E-state index contributed by atoms with van der Waals surface area (Å²) in [7, 11) is -0.730. The minimum Gasteiger partial charge on any atom is -0.460 e.